The molecule has 0 radical (unpaired) electrons. The second-order valence-corrected chi connectivity index (χ2v) is 8.40. The molecule has 3 heterocycles. The molecular weight excluding hydrogens is 404 g/mol. The Balaban J connectivity index is 1.62. The van der Waals surface area contributed by atoms with Gasteiger partial charge in [-0.2, -0.15) is 0 Å². The normalized spacial score (nSPS) is 16.3. The summed E-state index contributed by atoms with van der Waals surface area (Å²) in [5, 5.41) is 11.5. The fraction of sp³-hybridized carbons (Fsp3) is 0.429. The zero-order chi connectivity index (χ0) is 21.1. The molecule has 0 unspecified atom stereocenters. The maximum absolute atomic E-state index is 13.0. The third kappa shape index (κ3) is 3.95. The van der Waals surface area contributed by atoms with Gasteiger partial charge in [-0.1, -0.05) is 23.4 Å². The molecule has 4 rings (SSSR count). The van der Waals surface area contributed by atoms with Crippen LogP contribution in [0, 0.1) is 6.92 Å². The van der Waals surface area contributed by atoms with Crippen molar-refractivity contribution in [2.45, 2.75) is 32.2 Å². The number of methoxy groups -OCH3 is 1. The molecule has 158 valence electrons. The van der Waals surface area contributed by atoms with E-state index < -0.39 is 0 Å². The van der Waals surface area contributed by atoms with E-state index in [1.54, 1.807) is 14.0 Å². The Labute approximate surface area is 178 Å². The number of rotatable bonds is 7. The third-order valence-electron chi connectivity index (χ3n) is 5.43. The Kier molecular flexibility index (Phi) is 6.10. The lowest BCUT2D eigenvalue weighted by Gasteiger charge is -2.24. The molecule has 3 aromatic rings. The van der Waals surface area contributed by atoms with E-state index in [1.165, 1.54) is 11.3 Å². The summed E-state index contributed by atoms with van der Waals surface area (Å²) in [7, 11) is 1.61. The smallest absolute Gasteiger partial charge is 0.278 e. The Morgan fingerprint density at radius 3 is 2.93 bits per heavy atom. The molecule has 0 saturated carbocycles. The monoisotopic (exact) mass is 428 g/mol. The Morgan fingerprint density at radius 1 is 1.33 bits per heavy atom. The molecule has 1 fully saturated rings. The van der Waals surface area contributed by atoms with Crippen molar-refractivity contribution in [3.63, 3.8) is 0 Å². The van der Waals surface area contributed by atoms with Crippen molar-refractivity contribution in [2.24, 2.45) is 0 Å². The number of carbonyl (C=O) groups is 2. The molecular formula is C21H24N4O4S. The molecule has 2 amide bonds. The van der Waals surface area contributed by atoms with Crippen molar-refractivity contribution < 1.29 is 19.0 Å². The third-order valence-corrected chi connectivity index (χ3v) is 6.64. The first-order valence-corrected chi connectivity index (χ1v) is 10.8. The van der Waals surface area contributed by atoms with Gasteiger partial charge in [0.2, 0.25) is 0 Å². The van der Waals surface area contributed by atoms with Crippen molar-refractivity contribution in [2.75, 3.05) is 26.8 Å². The fourth-order valence-electron chi connectivity index (χ4n) is 3.94. The molecule has 30 heavy (non-hydrogen) atoms. The van der Waals surface area contributed by atoms with Crippen molar-refractivity contribution >= 4 is 33.2 Å². The molecule has 9 heteroatoms. The lowest BCUT2D eigenvalue weighted by molar-refractivity contribution is 0.0725. The van der Waals surface area contributed by atoms with Crippen LogP contribution in [-0.2, 0) is 11.2 Å². The number of likely N-dealkylation sites (tertiary alicyclic amines) is 1. The van der Waals surface area contributed by atoms with Crippen LogP contribution < -0.4 is 5.32 Å². The van der Waals surface area contributed by atoms with E-state index >= 15 is 0 Å². The second kappa shape index (κ2) is 8.93. The van der Waals surface area contributed by atoms with Crippen LogP contribution in [0.15, 0.2) is 28.9 Å². The molecule has 1 saturated heterocycles. The first-order chi connectivity index (χ1) is 14.6. The summed E-state index contributed by atoms with van der Waals surface area (Å²) in [5.74, 6) is -0.266. The van der Waals surface area contributed by atoms with Gasteiger partial charge >= 0.3 is 0 Å². The summed E-state index contributed by atoms with van der Waals surface area (Å²) < 4.78 is 10.8. The number of nitrogens with zero attached hydrogens (tertiary/aromatic N) is 3. The molecule has 1 N–H and O–H groups in total. The number of hydrogen-bond acceptors (Lipinski definition) is 7. The first-order valence-electron chi connectivity index (χ1n) is 9.97. The van der Waals surface area contributed by atoms with E-state index in [0.29, 0.717) is 36.7 Å². The highest BCUT2D eigenvalue weighted by Gasteiger charge is 2.33. The minimum atomic E-state index is -0.165. The van der Waals surface area contributed by atoms with Crippen LogP contribution in [0.1, 0.15) is 44.3 Å². The largest absolute Gasteiger partial charge is 0.383 e. The lowest BCUT2D eigenvalue weighted by atomic mass is 10.00. The Hall–Kier alpha value is -2.78. The van der Waals surface area contributed by atoms with E-state index in [2.05, 4.69) is 15.6 Å². The predicted octanol–water partition coefficient (Wildman–Crippen LogP) is 2.82. The summed E-state index contributed by atoms with van der Waals surface area (Å²) in [6, 6.07) is 8.02. The maximum Gasteiger partial charge on any atom is 0.278 e. The van der Waals surface area contributed by atoms with E-state index in [4.69, 9.17) is 9.37 Å². The van der Waals surface area contributed by atoms with E-state index in [9.17, 15) is 9.59 Å². The number of hydrogen-bond donors (Lipinski definition) is 1. The van der Waals surface area contributed by atoms with Gasteiger partial charge in [0.15, 0.2) is 5.69 Å². The minimum absolute atomic E-state index is 0.00266. The second-order valence-electron chi connectivity index (χ2n) is 7.35. The number of carbonyl (C=O) groups excluding carboxylic acids is 2. The van der Waals surface area contributed by atoms with Gasteiger partial charge < -0.3 is 15.0 Å². The summed E-state index contributed by atoms with van der Waals surface area (Å²) in [4.78, 5) is 28.4. The fourth-order valence-corrected chi connectivity index (χ4v) is 5.09. The van der Waals surface area contributed by atoms with Crippen LogP contribution in [0.4, 0.5) is 0 Å². The van der Waals surface area contributed by atoms with Crippen molar-refractivity contribution in [1.82, 2.24) is 20.5 Å². The average Bonchev–Trinajstić information content (AvgIpc) is 3.47. The van der Waals surface area contributed by atoms with E-state index in [1.807, 2.05) is 29.2 Å². The molecule has 1 atom stereocenters. The molecule has 8 nitrogen and oxygen atoms in total. The SMILES string of the molecule is COCCNC(=O)c1sc2ccccc2c1C[C@@H]1CCCN1C(=O)c1nonc1C. The topological polar surface area (TPSA) is 97.6 Å². The van der Waals surface area contributed by atoms with Gasteiger partial charge in [0.1, 0.15) is 5.69 Å². The molecule has 0 spiro atoms. The van der Waals surface area contributed by atoms with E-state index in [0.717, 1.165) is 28.5 Å². The van der Waals surface area contributed by atoms with Crippen LogP contribution in [0.25, 0.3) is 10.1 Å². The molecule has 2 aromatic heterocycles. The Morgan fingerprint density at radius 2 is 2.17 bits per heavy atom. The van der Waals surface area contributed by atoms with Gasteiger partial charge in [-0.15, -0.1) is 11.3 Å². The quantitative estimate of drug-likeness (QED) is 0.581. The van der Waals surface area contributed by atoms with Gasteiger partial charge in [-0.25, -0.2) is 4.63 Å². The van der Waals surface area contributed by atoms with Gasteiger partial charge in [0.25, 0.3) is 11.8 Å². The number of aromatic nitrogens is 2. The van der Waals surface area contributed by atoms with Crippen LogP contribution in [-0.4, -0.2) is 59.9 Å². The van der Waals surface area contributed by atoms with Gasteiger partial charge in [0, 0.05) is 30.9 Å². The number of ether oxygens (including phenoxy) is 1. The predicted molar refractivity (Wildman–Crippen MR) is 113 cm³/mol. The van der Waals surface area contributed by atoms with Gasteiger partial charge in [-0.3, -0.25) is 9.59 Å². The number of aryl methyl sites for hydroxylation is 1. The van der Waals surface area contributed by atoms with Crippen molar-refractivity contribution in [3.05, 3.63) is 46.1 Å². The molecule has 0 aliphatic carbocycles. The van der Waals surface area contributed by atoms with Crippen LogP contribution in [0.2, 0.25) is 0 Å². The molecule has 1 aromatic carbocycles. The van der Waals surface area contributed by atoms with Gasteiger partial charge in [-0.05, 0) is 48.4 Å². The highest BCUT2D eigenvalue weighted by Crippen LogP contribution is 2.34. The van der Waals surface area contributed by atoms with Crippen molar-refractivity contribution in [1.29, 1.82) is 0 Å². The number of amides is 2. The van der Waals surface area contributed by atoms with Crippen LogP contribution >= 0.6 is 11.3 Å². The summed E-state index contributed by atoms with van der Waals surface area (Å²) in [6.45, 7) is 3.29. The maximum atomic E-state index is 13.0. The summed E-state index contributed by atoms with van der Waals surface area (Å²) in [6.07, 6.45) is 2.41. The molecule has 0 bridgehead atoms. The van der Waals surface area contributed by atoms with Crippen molar-refractivity contribution in [3.8, 4) is 0 Å². The number of nitrogens with one attached hydrogen (secondary N) is 1. The lowest BCUT2D eigenvalue weighted by Crippen LogP contribution is -2.37. The number of benzene rings is 1. The number of thiophene rings is 1. The molecule has 1 aliphatic rings. The Bertz CT molecular complexity index is 1060. The zero-order valence-electron chi connectivity index (χ0n) is 17.0. The first kappa shape index (κ1) is 20.5. The van der Waals surface area contributed by atoms with E-state index in [-0.39, 0.29) is 23.6 Å². The summed E-state index contributed by atoms with van der Waals surface area (Å²) >= 11 is 1.49. The highest BCUT2D eigenvalue weighted by molar-refractivity contribution is 7.21. The summed E-state index contributed by atoms with van der Waals surface area (Å²) in [5.41, 5.74) is 1.74. The average molecular weight is 429 g/mol. The highest BCUT2D eigenvalue weighted by atomic mass is 32.1. The molecule has 1 aliphatic heterocycles. The van der Waals surface area contributed by atoms with Gasteiger partial charge in [0.05, 0.1) is 11.5 Å². The van der Waals surface area contributed by atoms with Crippen LogP contribution in [0.5, 0.6) is 0 Å². The zero-order valence-corrected chi connectivity index (χ0v) is 17.8. The van der Waals surface area contributed by atoms with Crippen LogP contribution in [0.3, 0.4) is 0 Å². The minimum Gasteiger partial charge on any atom is -0.383 e. The number of fused-ring (bicyclic) bond motifs is 1. The standard InChI is InChI=1S/C21H24N4O4S/c1-13-18(24-29-23-13)21(27)25-10-5-6-14(25)12-16-15-7-3-4-8-17(15)30-19(16)20(26)22-9-11-28-2/h3-4,7-8,14H,5-6,9-12H2,1-2H3,(H,22,26)/t14-/m0/s1.